The van der Waals surface area contributed by atoms with Gasteiger partial charge in [-0.3, -0.25) is 14.3 Å². The van der Waals surface area contributed by atoms with Gasteiger partial charge in [-0.15, -0.1) is 0 Å². The number of rotatable bonds is 9. The molecule has 0 aliphatic heterocycles. The lowest BCUT2D eigenvalue weighted by Crippen LogP contribution is -2.37. The lowest BCUT2D eigenvalue weighted by atomic mass is 9.98. The molecular weight excluding hydrogens is 424 g/mol. The molecule has 1 unspecified atom stereocenters. The van der Waals surface area contributed by atoms with Crippen LogP contribution in [0.2, 0.25) is 0 Å². The molecule has 1 atom stereocenters. The molecule has 0 saturated heterocycles. The smallest absolute Gasteiger partial charge is 0.251 e. The molecule has 4 rings (SSSR count). The van der Waals surface area contributed by atoms with Crippen LogP contribution in [0.4, 0.5) is 0 Å². The van der Waals surface area contributed by atoms with E-state index >= 15 is 0 Å². The first kappa shape index (κ1) is 23.0. The maximum absolute atomic E-state index is 12.5. The van der Waals surface area contributed by atoms with E-state index in [0.717, 1.165) is 23.2 Å². The van der Waals surface area contributed by atoms with E-state index in [2.05, 4.69) is 46.1 Å². The number of carbonyl (C=O) groups excluding carboxylic acids is 2. The van der Waals surface area contributed by atoms with Crippen molar-refractivity contribution in [1.29, 1.82) is 0 Å². The molecule has 3 aromatic carbocycles. The van der Waals surface area contributed by atoms with Gasteiger partial charge in [0.15, 0.2) is 0 Å². The molecule has 4 aromatic rings. The number of hydrogen-bond acceptors (Lipinski definition) is 3. The van der Waals surface area contributed by atoms with Gasteiger partial charge in [-0.2, -0.15) is 5.10 Å². The zero-order valence-corrected chi connectivity index (χ0v) is 19.1. The van der Waals surface area contributed by atoms with Gasteiger partial charge in [-0.05, 0) is 47.4 Å². The summed E-state index contributed by atoms with van der Waals surface area (Å²) in [6.45, 7) is 2.98. The molecule has 34 heavy (non-hydrogen) atoms. The SMILES string of the molecule is CC(CC(=O)NCc1ccccc1-c1ccc(Cn2cccn2)cc1)NC(=O)c1ccccc1. The van der Waals surface area contributed by atoms with Gasteiger partial charge in [-0.1, -0.05) is 66.7 Å². The molecule has 6 nitrogen and oxygen atoms in total. The van der Waals surface area contributed by atoms with Crippen molar-refractivity contribution in [2.24, 2.45) is 0 Å². The van der Waals surface area contributed by atoms with Crippen LogP contribution < -0.4 is 10.6 Å². The number of nitrogens with zero attached hydrogens (tertiary/aromatic N) is 2. The summed E-state index contributed by atoms with van der Waals surface area (Å²) >= 11 is 0. The number of amides is 2. The van der Waals surface area contributed by atoms with E-state index in [1.165, 1.54) is 5.56 Å². The van der Waals surface area contributed by atoms with Crippen LogP contribution in [0.5, 0.6) is 0 Å². The summed E-state index contributed by atoms with van der Waals surface area (Å²) in [5.41, 5.74) is 4.97. The quantitative estimate of drug-likeness (QED) is 0.395. The van der Waals surface area contributed by atoms with Gasteiger partial charge < -0.3 is 10.6 Å². The molecule has 0 spiro atoms. The van der Waals surface area contributed by atoms with E-state index in [-0.39, 0.29) is 24.3 Å². The third kappa shape index (κ3) is 6.19. The summed E-state index contributed by atoms with van der Waals surface area (Å²) in [6.07, 6.45) is 3.93. The number of carbonyl (C=O) groups is 2. The summed E-state index contributed by atoms with van der Waals surface area (Å²) in [5.74, 6) is -0.285. The van der Waals surface area contributed by atoms with Gasteiger partial charge in [0.1, 0.15) is 0 Å². The Bertz CT molecular complexity index is 1220. The average molecular weight is 453 g/mol. The fraction of sp³-hybridized carbons (Fsp3) is 0.179. The van der Waals surface area contributed by atoms with E-state index in [0.29, 0.717) is 12.1 Å². The Morgan fingerprint density at radius 2 is 1.65 bits per heavy atom. The van der Waals surface area contributed by atoms with E-state index in [1.54, 1.807) is 18.3 Å². The Labute approximate surface area is 199 Å². The van der Waals surface area contributed by atoms with Crippen LogP contribution in [0, 0.1) is 0 Å². The first-order chi connectivity index (χ1) is 16.6. The minimum atomic E-state index is -0.273. The largest absolute Gasteiger partial charge is 0.352 e. The maximum atomic E-state index is 12.5. The molecule has 1 heterocycles. The third-order valence-electron chi connectivity index (χ3n) is 5.57. The summed E-state index contributed by atoms with van der Waals surface area (Å²) in [5, 5.41) is 10.1. The standard InChI is InChI=1S/C28H28N4O2/c1-21(31-28(34)24-8-3-2-4-9-24)18-27(33)29-19-25-10-5-6-11-26(25)23-14-12-22(13-15-23)20-32-17-7-16-30-32/h2-17,21H,18-20H2,1H3,(H,29,33)(H,31,34). The van der Waals surface area contributed by atoms with Gasteiger partial charge in [0.05, 0.1) is 6.54 Å². The lowest BCUT2D eigenvalue weighted by molar-refractivity contribution is -0.121. The van der Waals surface area contributed by atoms with Crippen LogP contribution in [-0.4, -0.2) is 27.6 Å². The van der Waals surface area contributed by atoms with Crippen LogP contribution in [0.3, 0.4) is 0 Å². The highest BCUT2D eigenvalue weighted by Crippen LogP contribution is 2.24. The van der Waals surface area contributed by atoms with Gasteiger partial charge in [0, 0.05) is 37.0 Å². The fourth-order valence-corrected chi connectivity index (χ4v) is 3.82. The van der Waals surface area contributed by atoms with Gasteiger partial charge in [0.25, 0.3) is 5.91 Å². The molecule has 0 fully saturated rings. The minimum absolute atomic E-state index is 0.106. The van der Waals surface area contributed by atoms with Crippen molar-refractivity contribution in [2.45, 2.75) is 32.5 Å². The lowest BCUT2D eigenvalue weighted by Gasteiger charge is -2.15. The van der Waals surface area contributed by atoms with Gasteiger partial charge in [-0.25, -0.2) is 0 Å². The molecule has 0 aliphatic rings. The number of aromatic nitrogens is 2. The molecule has 0 bridgehead atoms. The average Bonchev–Trinajstić information content (AvgIpc) is 3.37. The second-order valence-corrected chi connectivity index (χ2v) is 8.28. The van der Waals surface area contributed by atoms with Crippen molar-refractivity contribution in [3.8, 4) is 11.1 Å². The zero-order valence-electron chi connectivity index (χ0n) is 19.1. The highest BCUT2D eigenvalue weighted by molar-refractivity contribution is 5.94. The summed E-state index contributed by atoms with van der Waals surface area (Å²) in [7, 11) is 0. The second kappa shape index (κ2) is 11.1. The van der Waals surface area contributed by atoms with Crippen LogP contribution in [-0.2, 0) is 17.9 Å². The van der Waals surface area contributed by atoms with Crippen LogP contribution >= 0.6 is 0 Å². The number of benzene rings is 3. The van der Waals surface area contributed by atoms with E-state index in [4.69, 9.17) is 0 Å². The Hall–Kier alpha value is -4.19. The van der Waals surface area contributed by atoms with E-state index in [1.807, 2.05) is 60.3 Å². The van der Waals surface area contributed by atoms with Crippen LogP contribution in [0.15, 0.2) is 97.3 Å². The second-order valence-electron chi connectivity index (χ2n) is 8.28. The highest BCUT2D eigenvalue weighted by atomic mass is 16.2. The monoisotopic (exact) mass is 452 g/mol. The molecular formula is C28H28N4O2. The predicted molar refractivity (Wildman–Crippen MR) is 133 cm³/mol. The molecule has 0 radical (unpaired) electrons. The topological polar surface area (TPSA) is 76.0 Å². The minimum Gasteiger partial charge on any atom is -0.352 e. The van der Waals surface area contributed by atoms with Crippen LogP contribution in [0.1, 0.15) is 34.8 Å². The molecule has 0 saturated carbocycles. The zero-order chi connectivity index (χ0) is 23.8. The Kier molecular flexibility index (Phi) is 7.50. The summed E-state index contributed by atoms with van der Waals surface area (Å²) in [4.78, 5) is 24.8. The number of nitrogens with one attached hydrogen (secondary N) is 2. The molecule has 0 aliphatic carbocycles. The number of hydrogen-bond donors (Lipinski definition) is 2. The summed E-state index contributed by atoms with van der Waals surface area (Å²) in [6, 6.07) is 27.1. The fourth-order valence-electron chi connectivity index (χ4n) is 3.82. The van der Waals surface area contributed by atoms with Crippen molar-refractivity contribution in [3.05, 3.63) is 114 Å². The van der Waals surface area contributed by atoms with E-state index in [9.17, 15) is 9.59 Å². The van der Waals surface area contributed by atoms with Crippen molar-refractivity contribution < 1.29 is 9.59 Å². The maximum Gasteiger partial charge on any atom is 0.251 e. The molecule has 6 heteroatoms. The third-order valence-corrected chi connectivity index (χ3v) is 5.57. The summed E-state index contributed by atoms with van der Waals surface area (Å²) < 4.78 is 1.89. The molecule has 2 N–H and O–H groups in total. The molecule has 172 valence electrons. The van der Waals surface area contributed by atoms with Crippen molar-refractivity contribution in [1.82, 2.24) is 20.4 Å². The molecule has 2 amide bonds. The Morgan fingerprint density at radius 3 is 2.38 bits per heavy atom. The first-order valence-electron chi connectivity index (χ1n) is 11.4. The Morgan fingerprint density at radius 1 is 0.912 bits per heavy atom. The van der Waals surface area contributed by atoms with Crippen molar-refractivity contribution in [2.75, 3.05) is 0 Å². The Balaban J connectivity index is 1.33. The van der Waals surface area contributed by atoms with Crippen molar-refractivity contribution in [3.63, 3.8) is 0 Å². The first-order valence-corrected chi connectivity index (χ1v) is 11.4. The van der Waals surface area contributed by atoms with Gasteiger partial charge >= 0.3 is 0 Å². The van der Waals surface area contributed by atoms with Crippen LogP contribution in [0.25, 0.3) is 11.1 Å². The van der Waals surface area contributed by atoms with E-state index < -0.39 is 0 Å². The molecule has 1 aromatic heterocycles. The normalized spacial score (nSPS) is 11.6. The van der Waals surface area contributed by atoms with Crippen molar-refractivity contribution >= 4 is 11.8 Å². The highest BCUT2D eigenvalue weighted by Gasteiger charge is 2.14. The predicted octanol–water partition coefficient (Wildman–Crippen LogP) is 4.42. The van der Waals surface area contributed by atoms with Gasteiger partial charge in [0.2, 0.25) is 5.91 Å².